The van der Waals surface area contributed by atoms with Gasteiger partial charge in [0.25, 0.3) is 0 Å². The van der Waals surface area contributed by atoms with Crippen LogP contribution < -0.4 is 10.6 Å². The molecule has 1 saturated heterocycles. The molecule has 0 aliphatic carbocycles. The van der Waals surface area contributed by atoms with Crippen LogP contribution in [0.3, 0.4) is 0 Å². The Balaban J connectivity index is 2.49. The molecule has 1 rings (SSSR count). The van der Waals surface area contributed by atoms with Gasteiger partial charge in [0.1, 0.15) is 6.04 Å². The zero-order chi connectivity index (χ0) is 9.68. The molecule has 2 amide bonds. The highest BCUT2D eigenvalue weighted by molar-refractivity contribution is 5.92. The normalized spacial score (nSPS) is 22.8. The van der Waals surface area contributed by atoms with Gasteiger partial charge in [0.2, 0.25) is 11.8 Å². The van der Waals surface area contributed by atoms with Crippen molar-refractivity contribution in [3.8, 4) is 0 Å². The van der Waals surface area contributed by atoms with Gasteiger partial charge in [0, 0.05) is 6.54 Å². The van der Waals surface area contributed by atoms with Crippen LogP contribution in [0, 0.1) is 0 Å². The molecule has 0 saturated carbocycles. The third-order valence-corrected chi connectivity index (χ3v) is 2.04. The summed E-state index contributed by atoms with van der Waals surface area (Å²) in [5, 5.41) is 5.33. The smallest absolute Gasteiger partial charge is 0.244 e. The minimum atomic E-state index is -0.381. The summed E-state index contributed by atoms with van der Waals surface area (Å²) in [6, 6.07) is -0.381. The topological polar surface area (TPSA) is 58.2 Å². The van der Waals surface area contributed by atoms with Crippen molar-refractivity contribution >= 4 is 11.8 Å². The molecular formula is C9H14N2O2. The van der Waals surface area contributed by atoms with Crippen molar-refractivity contribution in [1.29, 1.82) is 0 Å². The molecule has 1 aliphatic heterocycles. The first-order valence-electron chi connectivity index (χ1n) is 4.44. The molecule has 0 aromatic carbocycles. The van der Waals surface area contributed by atoms with E-state index in [1.807, 2.05) is 0 Å². The van der Waals surface area contributed by atoms with Gasteiger partial charge >= 0.3 is 0 Å². The number of carbonyl (C=O) groups excluding carboxylic acids is 2. The van der Waals surface area contributed by atoms with Crippen molar-refractivity contribution in [2.24, 2.45) is 0 Å². The number of rotatable bonds is 2. The molecule has 0 spiro atoms. The zero-order valence-electron chi connectivity index (χ0n) is 7.51. The maximum atomic E-state index is 11.3. The Morgan fingerprint density at radius 2 is 2.38 bits per heavy atom. The van der Waals surface area contributed by atoms with Crippen LogP contribution >= 0.6 is 0 Å². The van der Waals surface area contributed by atoms with Crippen molar-refractivity contribution in [1.82, 2.24) is 10.6 Å². The van der Waals surface area contributed by atoms with Crippen molar-refractivity contribution in [2.45, 2.75) is 25.3 Å². The molecular weight excluding hydrogens is 168 g/mol. The number of amides is 2. The summed E-state index contributed by atoms with van der Waals surface area (Å²) in [7, 11) is 0. The molecule has 1 atom stereocenters. The van der Waals surface area contributed by atoms with Gasteiger partial charge < -0.3 is 10.6 Å². The third-order valence-electron chi connectivity index (χ3n) is 2.04. The van der Waals surface area contributed by atoms with Crippen LogP contribution in [0.5, 0.6) is 0 Å². The molecule has 72 valence electrons. The summed E-state index contributed by atoms with van der Waals surface area (Å²) in [6.45, 7) is 4.04. The van der Waals surface area contributed by atoms with E-state index in [4.69, 9.17) is 0 Å². The van der Waals surface area contributed by atoms with Gasteiger partial charge in [-0.1, -0.05) is 6.58 Å². The predicted molar refractivity (Wildman–Crippen MR) is 49.0 cm³/mol. The lowest BCUT2D eigenvalue weighted by Crippen LogP contribution is -2.44. The summed E-state index contributed by atoms with van der Waals surface area (Å²) in [6.07, 6.45) is 3.83. The Hall–Kier alpha value is -1.32. The third kappa shape index (κ3) is 2.89. The average Bonchev–Trinajstić information content (AvgIpc) is 2.32. The van der Waals surface area contributed by atoms with E-state index in [0.29, 0.717) is 13.0 Å². The Labute approximate surface area is 77.4 Å². The van der Waals surface area contributed by atoms with E-state index in [0.717, 1.165) is 12.8 Å². The van der Waals surface area contributed by atoms with E-state index in [1.54, 1.807) is 0 Å². The fourth-order valence-electron chi connectivity index (χ4n) is 1.31. The van der Waals surface area contributed by atoms with E-state index in [9.17, 15) is 9.59 Å². The highest BCUT2D eigenvalue weighted by Gasteiger charge is 2.20. The quantitative estimate of drug-likeness (QED) is 0.589. The minimum Gasteiger partial charge on any atom is -0.354 e. The van der Waals surface area contributed by atoms with Crippen molar-refractivity contribution in [2.75, 3.05) is 6.54 Å². The molecule has 4 nitrogen and oxygen atoms in total. The highest BCUT2D eigenvalue weighted by Crippen LogP contribution is 2.04. The summed E-state index contributed by atoms with van der Waals surface area (Å²) < 4.78 is 0. The van der Waals surface area contributed by atoms with Gasteiger partial charge in [0.05, 0.1) is 0 Å². The van der Waals surface area contributed by atoms with Crippen LogP contribution in [0.15, 0.2) is 12.7 Å². The number of nitrogens with one attached hydrogen (secondary N) is 2. The maximum Gasteiger partial charge on any atom is 0.244 e. The van der Waals surface area contributed by atoms with Gasteiger partial charge in [-0.3, -0.25) is 9.59 Å². The summed E-state index contributed by atoms with van der Waals surface area (Å²) in [4.78, 5) is 22.2. The van der Waals surface area contributed by atoms with Gasteiger partial charge in [-0.05, 0) is 25.3 Å². The lowest BCUT2D eigenvalue weighted by molar-refractivity contribution is -0.126. The van der Waals surface area contributed by atoms with Crippen molar-refractivity contribution in [3.05, 3.63) is 12.7 Å². The SMILES string of the molecule is C=CC(=O)NC1CCCCNC1=O. The van der Waals surface area contributed by atoms with E-state index in [-0.39, 0.29) is 17.9 Å². The summed E-state index contributed by atoms with van der Waals surface area (Å²) >= 11 is 0. The van der Waals surface area contributed by atoms with Crippen LogP contribution in [0.4, 0.5) is 0 Å². The largest absolute Gasteiger partial charge is 0.354 e. The standard InChI is InChI=1S/C9H14N2O2/c1-2-8(12)11-7-5-3-4-6-10-9(7)13/h2,7H,1,3-6H2,(H,10,13)(H,11,12). The van der Waals surface area contributed by atoms with Crippen LogP contribution in [0.1, 0.15) is 19.3 Å². The van der Waals surface area contributed by atoms with E-state index < -0.39 is 0 Å². The fraction of sp³-hybridized carbons (Fsp3) is 0.556. The molecule has 1 fully saturated rings. The lowest BCUT2D eigenvalue weighted by atomic mass is 10.1. The summed E-state index contributed by atoms with van der Waals surface area (Å²) in [5.41, 5.74) is 0. The van der Waals surface area contributed by atoms with Gasteiger partial charge in [-0.15, -0.1) is 0 Å². The lowest BCUT2D eigenvalue weighted by Gasteiger charge is -2.13. The Bertz CT molecular complexity index is 226. The van der Waals surface area contributed by atoms with Crippen LogP contribution in [-0.4, -0.2) is 24.4 Å². The first-order chi connectivity index (χ1) is 6.24. The van der Waals surface area contributed by atoms with Gasteiger partial charge in [-0.2, -0.15) is 0 Å². The van der Waals surface area contributed by atoms with Crippen LogP contribution in [0.2, 0.25) is 0 Å². The monoisotopic (exact) mass is 182 g/mol. The molecule has 1 heterocycles. The second-order valence-corrected chi connectivity index (χ2v) is 3.05. The van der Waals surface area contributed by atoms with E-state index in [2.05, 4.69) is 17.2 Å². The molecule has 4 heteroatoms. The first-order valence-corrected chi connectivity index (χ1v) is 4.44. The molecule has 0 aromatic rings. The van der Waals surface area contributed by atoms with E-state index >= 15 is 0 Å². The van der Waals surface area contributed by atoms with Gasteiger partial charge in [0.15, 0.2) is 0 Å². The number of hydrogen-bond acceptors (Lipinski definition) is 2. The average molecular weight is 182 g/mol. The number of hydrogen-bond donors (Lipinski definition) is 2. The summed E-state index contributed by atoms with van der Waals surface area (Å²) in [5.74, 6) is -0.380. The fourth-order valence-corrected chi connectivity index (χ4v) is 1.31. The maximum absolute atomic E-state index is 11.3. The van der Waals surface area contributed by atoms with Crippen LogP contribution in [-0.2, 0) is 9.59 Å². The van der Waals surface area contributed by atoms with Crippen molar-refractivity contribution < 1.29 is 9.59 Å². The first kappa shape index (κ1) is 9.77. The Morgan fingerprint density at radius 1 is 1.62 bits per heavy atom. The Morgan fingerprint density at radius 3 is 3.08 bits per heavy atom. The molecule has 0 bridgehead atoms. The molecule has 2 N–H and O–H groups in total. The molecule has 0 radical (unpaired) electrons. The molecule has 1 aliphatic rings. The highest BCUT2D eigenvalue weighted by atomic mass is 16.2. The molecule has 0 aromatic heterocycles. The Kier molecular flexibility index (Phi) is 3.49. The molecule has 1 unspecified atom stereocenters. The second-order valence-electron chi connectivity index (χ2n) is 3.05. The minimum absolute atomic E-state index is 0.0901. The van der Waals surface area contributed by atoms with Gasteiger partial charge in [-0.25, -0.2) is 0 Å². The predicted octanol–water partition coefficient (Wildman–Crippen LogP) is -0.0427. The second kappa shape index (κ2) is 4.64. The van der Waals surface area contributed by atoms with Crippen LogP contribution in [0.25, 0.3) is 0 Å². The zero-order valence-corrected chi connectivity index (χ0v) is 7.51. The molecule has 13 heavy (non-hydrogen) atoms. The van der Waals surface area contributed by atoms with Crippen molar-refractivity contribution in [3.63, 3.8) is 0 Å². The van der Waals surface area contributed by atoms with E-state index in [1.165, 1.54) is 6.08 Å². The number of carbonyl (C=O) groups is 2.